The lowest BCUT2D eigenvalue weighted by Crippen LogP contribution is -2.35. The average Bonchev–Trinajstić information content (AvgIpc) is 3.10. The average molecular weight is 423 g/mol. The molecule has 0 radical (unpaired) electrons. The Morgan fingerprint density at radius 1 is 1.03 bits per heavy atom. The predicted octanol–water partition coefficient (Wildman–Crippen LogP) is 4.09. The molecule has 30 heavy (non-hydrogen) atoms. The third-order valence-electron chi connectivity index (χ3n) is 5.15. The molecule has 1 atom stereocenters. The maximum Gasteiger partial charge on any atom is 0.264 e. The highest BCUT2D eigenvalue weighted by Gasteiger charge is 2.36. The van der Waals surface area contributed by atoms with Gasteiger partial charge in [0.05, 0.1) is 23.4 Å². The summed E-state index contributed by atoms with van der Waals surface area (Å²) in [5, 5.41) is 2.85. The molecule has 7 heteroatoms. The Morgan fingerprint density at radius 2 is 1.73 bits per heavy atom. The van der Waals surface area contributed by atoms with E-state index in [9.17, 15) is 13.2 Å². The number of ether oxygens (including phenoxy) is 1. The predicted molar refractivity (Wildman–Crippen MR) is 117 cm³/mol. The molecule has 0 fully saturated rings. The fraction of sp³-hybridized carbons (Fsp3) is 0.174. The van der Waals surface area contributed by atoms with E-state index in [0.29, 0.717) is 29.1 Å². The van der Waals surface area contributed by atoms with Gasteiger partial charge in [0, 0.05) is 11.6 Å². The number of nitrogens with one attached hydrogen (secondary N) is 1. The van der Waals surface area contributed by atoms with Crippen LogP contribution in [-0.2, 0) is 16.4 Å². The number of rotatable bonds is 5. The molecule has 6 nitrogen and oxygen atoms in total. The van der Waals surface area contributed by atoms with Crippen molar-refractivity contribution >= 4 is 27.3 Å². The lowest BCUT2D eigenvalue weighted by molar-refractivity contribution is 0.102. The minimum absolute atomic E-state index is 0.238. The van der Waals surface area contributed by atoms with Crippen LogP contribution in [0.1, 0.15) is 22.8 Å². The third kappa shape index (κ3) is 3.52. The molecule has 0 aliphatic carbocycles. The fourth-order valence-corrected chi connectivity index (χ4v) is 5.47. The van der Waals surface area contributed by atoms with E-state index in [4.69, 9.17) is 4.74 Å². The number of amides is 1. The zero-order valence-electron chi connectivity index (χ0n) is 16.7. The third-order valence-corrected chi connectivity index (χ3v) is 7.09. The SMILES string of the molecule is COc1ccccc1NC(=O)c1ccc2c(c1)C[C@H](C)N2S(=O)(=O)c1ccccc1. The highest BCUT2D eigenvalue weighted by Crippen LogP contribution is 2.37. The van der Waals surface area contributed by atoms with Crippen LogP contribution in [0, 0.1) is 0 Å². The number of hydrogen-bond donors (Lipinski definition) is 1. The number of carbonyl (C=O) groups excluding carboxylic acids is 1. The number of benzene rings is 3. The van der Waals surface area contributed by atoms with Crippen LogP contribution in [0.2, 0.25) is 0 Å². The smallest absolute Gasteiger partial charge is 0.264 e. The van der Waals surface area contributed by atoms with Crippen LogP contribution in [0.3, 0.4) is 0 Å². The molecule has 0 spiro atoms. The van der Waals surface area contributed by atoms with Crippen LogP contribution in [0.25, 0.3) is 0 Å². The molecule has 1 heterocycles. The van der Waals surface area contributed by atoms with Gasteiger partial charge >= 0.3 is 0 Å². The van der Waals surface area contributed by atoms with Gasteiger partial charge in [-0.3, -0.25) is 9.10 Å². The summed E-state index contributed by atoms with van der Waals surface area (Å²) >= 11 is 0. The lowest BCUT2D eigenvalue weighted by atomic mass is 10.1. The van der Waals surface area contributed by atoms with Crippen LogP contribution in [0.4, 0.5) is 11.4 Å². The van der Waals surface area contributed by atoms with Crippen LogP contribution in [0.5, 0.6) is 5.75 Å². The topological polar surface area (TPSA) is 75.7 Å². The number of anilines is 2. The summed E-state index contributed by atoms with van der Waals surface area (Å²) < 4.78 is 33.1. The first-order valence-corrected chi connectivity index (χ1v) is 11.0. The largest absolute Gasteiger partial charge is 0.495 e. The van der Waals surface area contributed by atoms with Crippen molar-refractivity contribution in [1.82, 2.24) is 0 Å². The van der Waals surface area contributed by atoms with Gasteiger partial charge in [-0.15, -0.1) is 0 Å². The molecule has 0 unspecified atom stereocenters. The second-order valence-electron chi connectivity index (χ2n) is 7.16. The van der Waals surface area contributed by atoms with E-state index >= 15 is 0 Å². The molecule has 1 aliphatic heterocycles. The summed E-state index contributed by atoms with van der Waals surface area (Å²) in [6, 6.07) is 20.4. The monoisotopic (exact) mass is 422 g/mol. The van der Waals surface area contributed by atoms with Crippen LogP contribution >= 0.6 is 0 Å². The summed E-state index contributed by atoms with van der Waals surface area (Å²) in [6.07, 6.45) is 0.539. The second-order valence-corrected chi connectivity index (χ2v) is 8.98. The maximum atomic E-state index is 13.2. The first-order chi connectivity index (χ1) is 14.4. The molecule has 0 saturated carbocycles. The Balaban J connectivity index is 1.64. The quantitative estimate of drug-likeness (QED) is 0.672. The van der Waals surface area contributed by atoms with Crippen molar-refractivity contribution in [2.45, 2.75) is 24.3 Å². The van der Waals surface area contributed by atoms with E-state index in [1.807, 2.05) is 19.1 Å². The number of carbonyl (C=O) groups is 1. The molecule has 1 aliphatic rings. The fourth-order valence-electron chi connectivity index (χ4n) is 3.76. The molecule has 0 bridgehead atoms. The van der Waals surface area contributed by atoms with Crippen molar-refractivity contribution in [3.8, 4) is 5.75 Å². The Kier molecular flexibility index (Phi) is 5.22. The standard InChI is InChI=1S/C23H22N2O4S/c1-16-14-18-15-17(23(26)24-20-10-6-7-11-22(20)29-2)12-13-21(18)25(16)30(27,28)19-8-4-3-5-9-19/h3-13,15-16H,14H2,1-2H3,(H,24,26)/t16-/m0/s1. The molecule has 0 saturated heterocycles. The molecule has 3 aromatic rings. The van der Waals surface area contributed by atoms with Crippen LogP contribution in [0.15, 0.2) is 77.7 Å². The Bertz CT molecular complexity index is 1190. The molecule has 3 aromatic carbocycles. The van der Waals surface area contributed by atoms with Gasteiger partial charge in [-0.05, 0) is 61.4 Å². The van der Waals surface area contributed by atoms with Crippen molar-refractivity contribution in [3.63, 3.8) is 0 Å². The van der Waals surface area contributed by atoms with Crippen molar-refractivity contribution in [3.05, 3.63) is 83.9 Å². The Labute approximate surface area is 176 Å². The van der Waals surface area contributed by atoms with Gasteiger partial charge in [0.1, 0.15) is 5.75 Å². The molecular weight excluding hydrogens is 400 g/mol. The summed E-state index contributed by atoms with van der Waals surface area (Å²) in [7, 11) is -2.13. The van der Waals surface area contributed by atoms with E-state index < -0.39 is 10.0 Å². The van der Waals surface area contributed by atoms with Crippen molar-refractivity contribution < 1.29 is 17.9 Å². The van der Waals surface area contributed by atoms with Gasteiger partial charge in [-0.25, -0.2) is 8.42 Å². The second kappa shape index (κ2) is 7.84. The molecule has 1 amide bonds. The number of nitrogens with zero attached hydrogens (tertiary/aromatic N) is 1. The molecular formula is C23H22N2O4S. The number of para-hydroxylation sites is 2. The maximum absolute atomic E-state index is 13.2. The summed E-state index contributed by atoms with van der Waals surface area (Å²) in [6.45, 7) is 1.87. The molecule has 4 rings (SSSR count). The first kappa shape index (κ1) is 20.0. The lowest BCUT2D eigenvalue weighted by Gasteiger charge is -2.24. The highest BCUT2D eigenvalue weighted by molar-refractivity contribution is 7.92. The van der Waals surface area contributed by atoms with Gasteiger partial charge in [-0.2, -0.15) is 0 Å². The summed E-state index contributed by atoms with van der Waals surface area (Å²) in [5.74, 6) is 0.292. The van der Waals surface area contributed by atoms with Crippen LogP contribution in [-0.4, -0.2) is 27.5 Å². The van der Waals surface area contributed by atoms with Crippen molar-refractivity contribution in [2.75, 3.05) is 16.7 Å². The van der Waals surface area contributed by atoms with E-state index in [1.54, 1.807) is 67.8 Å². The van der Waals surface area contributed by atoms with E-state index in [-0.39, 0.29) is 16.8 Å². The summed E-state index contributed by atoms with van der Waals surface area (Å²) in [4.78, 5) is 13.0. The summed E-state index contributed by atoms with van der Waals surface area (Å²) in [5.41, 5.74) is 2.48. The minimum Gasteiger partial charge on any atom is -0.495 e. The Morgan fingerprint density at radius 3 is 2.47 bits per heavy atom. The van der Waals surface area contributed by atoms with Crippen LogP contribution < -0.4 is 14.4 Å². The minimum atomic E-state index is -3.68. The van der Waals surface area contributed by atoms with E-state index in [0.717, 1.165) is 5.56 Å². The molecule has 0 aromatic heterocycles. The zero-order valence-corrected chi connectivity index (χ0v) is 17.5. The van der Waals surface area contributed by atoms with Crippen molar-refractivity contribution in [1.29, 1.82) is 0 Å². The number of fused-ring (bicyclic) bond motifs is 1. The van der Waals surface area contributed by atoms with Gasteiger partial charge in [-0.1, -0.05) is 30.3 Å². The van der Waals surface area contributed by atoms with Gasteiger partial charge in [0.25, 0.3) is 15.9 Å². The van der Waals surface area contributed by atoms with E-state index in [1.165, 1.54) is 4.31 Å². The number of methoxy groups -OCH3 is 1. The Hall–Kier alpha value is -3.32. The van der Waals surface area contributed by atoms with Gasteiger partial charge in [0.2, 0.25) is 0 Å². The normalized spacial score (nSPS) is 15.5. The highest BCUT2D eigenvalue weighted by atomic mass is 32.2. The van der Waals surface area contributed by atoms with E-state index in [2.05, 4.69) is 5.32 Å². The van der Waals surface area contributed by atoms with Gasteiger partial charge < -0.3 is 10.1 Å². The van der Waals surface area contributed by atoms with Crippen molar-refractivity contribution in [2.24, 2.45) is 0 Å². The molecule has 154 valence electrons. The van der Waals surface area contributed by atoms with Gasteiger partial charge in [0.15, 0.2) is 0 Å². The number of sulfonamides is 1. The zero-order chi connectivity index (χ0) is 21.3. The molecule has 1 N–H and O–H groups in total. The first-order valence-electron chi connectivity index (χ1n) is 9.58. The number of hydrogen-bond acceptors (Lipinski definition) is 4.